The standard InChI is InChI=1S/C21H28N6.HI/c1-2-22-21(23-15-8-12-18-10-4-3-5-11-18)24-16-9-14-20-26-25-19-13-6-7-17-27(19)20;/h3-7,10-11,13,17H,2,8-9,12,14-16H2,1H3,(H2,22,23,24);1H. The summed E-state index contributed by atoms with van der Waals surface area (Å²) < 4.78 is 2.04. The van der Waals surface area contributed by atoms with Crippen LogP contribution in [0.3, 0.4) is 0 Å². The van der Waals surface area contributed by atoms with Crippen LogP contribution < -0.4 is 10.6 Å². The molecule has 2 aromatic heterocycles. The maximum absolute atomic E-state index is 4.67. The summed E-state index contributed by atoms with van der Waals surface area (Å²) in [6.45, 7) is 4.62. The molecule has 0 unspecified atom stereocenters. The van der Waals surface area contributed by atoms with Crippen LogP contribution in [0.25, 0.3) is 5.65 Å². The van der Waals surface area contributed by atoms with E-state index >= 15 is 0 Å². The molecule has 1 aromatic carbocycles. The number of nitrogens with one attached hydrogen (secondary N) is 2. The quantitative estimate of drug-likeness (QED) is 0.208. The van der Waals surface area contributed by atoms with Crippen LogP contribution in [0.5, 0.6) is 0 Å². The molecular formula is C21H29IN6. The van der Waals surface area contributed by atoms with Crippen molar-refractivity contribution in [2.75, 3.05) is 19.6 Å². The molecule has 0 aliphatic carbocycles. The highest BCUT2D eigenvalue weighted by Crippen LogP contribution is 2.05. The van der Waals surface area contributed by atoms with Crippen molar-refractivity contribution in [1.29, 1.82) is 0 Å². The molecule has 0 radical (unpaired) electrons. The van der Waals surface area contributed by atoms with Crippen molar-refractivity contribution in [3.63, 3.8) is 0 Å². The van der Waals surface area contributed by atoms with E-state index < -0.39 is 0 Å². The zero-order valence-electron chi connectivity index (χ0n) is 16.3. The average Bonchev–Trinajstić information content (AvgIpc) is 3.12. The summed E-state index contributed by atoms with van der Waals surface area (Å²) in [7, 11) is 0. The van der Waals surface area contributed by atoms with Gasteiger partial charge in [0.15, 0.2) is 11.6 Å². The number of halogens is 1. The molecule has 0 bridgehead atoms. The van der Waals surface area contributed by atoms with E-state index in [4.69, 9.17) is 0 Å². The van der Waals surface area contributed by atoms with E-state index in [1.54, 1.807) is 0 Å². The number of benzene rings is 1. The molecule has 2 heterocycles. The molecule has 0 aliphatic rings. The molecule has 0 saturated carbocycles. The van der Waals surface area contributed by atoms with Gasteiger partial charge in [-0.15, -0.1) is 34.2 Å². The monoisotopic (exact) mass is 492 g/mol. The third-order valence-corrected chi connectivity index (χ3v) is 4.33. The molecule has 0 fully saturated rings. The Morgan fingerprint density at radius 3 is 2.61 bits per heavy atom. The number of rotatable bonds is 9. The summed E-state index contributed by atoms with van der Waals surface area (Å²) in [6.07, 6.45) is 5.97. The second kappa shape index (κ2) is 12.3. The Hall–Kier alpha value is -2.16. The van der Waals surface area contributed by atoms with Gasteiger partial charge in [0.25, 0.3) is 0 Å². The zero-order chi connectivity index (χ0) is 18.7. The van der Waals surface area contributed by atoms with Crippen molar-refractivity contribution in [3.05, 3.63) is 66.1 Å². The Morgan fingerprint density at radius 1 is 0.964 bits per heavy atom. The number of hydrogen-bond acceptors (Lipinski definition) is 3. The highest BCUT2D eigenvalue weighted by molar-refractivity contribution is 14.0. The van der Waals surface area contributed by atoms with E-state index in [1.807, 2.05) is 28.8 Å². The largest absolute Gasteiger partial charge is 0.357 e. The zero-order valence-corrected chi connectivity index (χ0v) is 18.7. The van der Waals surface area contributed by atoms with Crippen LogP contribution in [0.1, 0.15) is 31.2 Å². The second-order valence-electron chi connectivity index (χ2n) is 6.43. The van der Waals surface area contributed by atoms with Gasteiger partial charge in [-0.25, -0.2) is 0 Å². The number of nitrogens with zero attached hydrogens (tertiary/aromatic N) is 4. The third kappa shape index (κ3) is 6.78. The first-order valence-corrected chi connectivity index (χ1v) is 9.71. The molecule has 3 rings (SSSR count). The van der Waals surface area contributed by atoms with E-state index in [2.05, 4.69) is 63.1 Å². The number of fused-ring (bicyclic) bond motifs is 1. The van der Waals surface area contributed by atoms with Gasteiger partial charge < -0.3 is 10.6 Å². The fourth-order valence-corrected chi connectivity index (χ4v) is 2.98. The molecule has 6 nitrogen and oxygen atoms in total. The Bertz CT molecular complexity index is 846. The van der Waals surface area contributed by atoms with E-state index in [-0.39, 0.29) is 24.0 Å². The van der Waals surface area contributed by atoms with Gasteiger partial charge in [0, 0.05) is 32.3 Å². The predicted octanol–water partition coefficient (Wildman–Crippen LogP) is 3.47. The first-order chi connectivity index (χ1) is 13.4. The minimum Gasteiger partial charge on any atom is -0.357 e. The first-order valence-electron chi connectivity index (χ1n) is 9.71. The lowest BCUT2D eigenvalue weighted by atomic mass is 10.1. The normalized spacial score (nSPS) is 11.2. The number of aliphatic imine (C=N–C) groups is 1. The maximum Gasteiger partial charge on any atom is 0.191 e. The Labute approximate surface area is 183 Å². The van der Waals surface area contributed by atoms with E-state index in [1.165, 1.54) is 5.56 Å². The van der Waals surface area contributed by atoms with Crippen molar-refractivity contribution in [2.24, 2.45) is 4.99 Å². The molecule has 7 heteroatoms. The lowest BCUT2D eigenvalue weighted by Gasteiger charge is -2.11. The summed E-state index contributed by atoms with van der Waals surface area (Å²) in [5.74, 6) is 1.88. The fourth-order valence-electron chi connectivity index (χ4n) is 2.98. The van der Waals surface area contributed by atoms with Gasteiger partial charge in [0.05, 0.1) is 0 Å². The minimum atomic E-state index is 0. The van der Waals surface area contributed by atoms with Crippen LogP contribution in [0.4, 0.5) is 0 Å². The average molecular weight is 492 g/mol. The predicted molar refractivity (Wildman–Crippen MR) is 125 cm³/mol. The Morgan fingerprint density at radius 2 is 1.79 bits per heavy atom. The molecule has 150 valence electrons. The van der Waals surface area contributed by atoms with Crippen LogP contribution in [0, 0.1) is 0 Å². The maximum atomic E-state index is 4.67. The van der Waals surface area contributed by atoms with Crippen molar-refractivity contribution in [2.45, 2.75) is 32.6 Å². The van der Waals surface area contributed by atoms with Crippen LogP contribution in [-0.2, 0) is 12.8 Å². The second-order valence-corrected chi connectivity index (χ2v) is 6.43. The van der Waals surface area contributed by atoms with Gasteiger partial charge in [-0.05, 0) is 43.9 Å². The van der Waals surface area contributed by atoms with Crippen LogP contribution in [-0.4, -0.2) is 40.2 Å². The van der Waals surface area contributed by atoms with Crippen molar-refractivity contribution in [3.8, 4) is 0 Å². The summed E-state index contributed by atoms with van der Waals surface area (Å²) in [5.41, 5.74) is 2.26. The molecule has 0 aliphatic heterocycles. The summed E-state index contributed by atoms with van der Waals surface area (Å²) >= 11 is 0. The van der Waals surface area contributed by atoms with E-state index in [9.17, 15) is 0 Å². The number of aryl methyl sites for hydroxylation is 2. The highest BCUT2D eigenvalue weighted by atomic mass is 127. The summed E-state index contributed by atoms with van der Waals surface area (Å²) in [5, 5.41) is 15.2. The van der Waals surface area contributed by atoms with Gasteiger partial charge >= 0.3 is 0 Å². The molecule has 3 aromatic rings. The fraction of sp³-hybridized carbons (Fsp3) is 0.381. The van der Waals surface area contributed by atoms with Crippen molar-refractivity contribution in [1.82, 2.24) is 25.2 Å². The van der Waals surface area contributed by atoms with Gasteiger partial charge in [0.1, 0.15) is 5.82 Å². The molecule has 0 atom stereocenters. The van der Waals surface area contributed by atoms with Crippen molar-refractivity contribution >= 4 is 35.6 Å². The topological polar surface area (TPSA) is 66.6 Å². The van der Waals surface area contributed by atoms with Gasteiger partial charge in [0.2, 0.25) is 0 Å². The third-order valence-electron chi connectivity index (χ3n) is 4.33. The SMILES string of the molecule is CCNC(=NCCCc1ccccc1)NCCCc1nnc2ccccn12.I. The van der Waals surface area contributed by atoms with Crippen LogP contribution >= 0.6 is 24.0 Å². The smallest absolute Gasteiger partial charge is 0.191 e. The van der Waals surface area contributed by atoms with E-state index in [0.29, 0.717) is 0 Å². The molecule has 0 spiro atoms. The minimum absolute atomic E-state index is 0. The Kier molecular flexibility index (Phi) is 9.74. The molecule has 0 saturated heterocycles. The lowest BCUT2D eigenvalue weighted by Crippen LogP contribution is -2.38. The molecular weight excluding hydrogens is 463 g/mol. The van der Waals surface area contributed by atoms with E-state index in [0.717, 1.165) is 62.7 Å². The van der Waals surface area contributed by atoms with Gasteiger partial charge in [-0.1, -0.05) is 36.4 Å². The summed E-state index contributed by atoms with van der Waals surface area (Å²) in [6, 6.07) is 16.5. The number of guanidine groups is 1. The molecule has 2 N–H and O–H groups in total. The van der Waals surface area contributed by atoms with Crippen molar-refractivity contribution < 1.29 is 0 Å². The van der Waals surface area contributed by atoms with Gasteiger partial charge in [-0.2, -0.15) is 0 Å². The number of pyridine rings is 1. The first kappa shape index (κ1) is 22.1. The number of aromatic nitrogens is 3. The van der Waals surface area contributed by atoms with Gasteiger partial charge in [-0.3, -0.25) is 9.39 Å². The lowest BCUT2D eigenvalue weighted by molar-refractivity contribution is 0.712. The highest BCUT2D eigenvalue weighted by Gasteiger charge is 2.04. The Balaban J connectivity index is 0.00000280. The number of hydrogen-bond donors (Lipinski definition) is 2. The summed E-state index contributed by atoms with van der Waals surface area (Å²) in [4.78, 5) is 4.67. The van der Waals surface area contributed by atoms with Crippen LogP contribution in [0.15, 0.2) is 59.7 Å². The molecule has 0 amide bonds. The molecule has 28 heavy (non-hydrogen) atoms. The van der Waals surface area contributed by atoms with Crippen LogP contribution in [0.2, 0.25) is 0 Å².